The van der Waals surface area contributed by atoms with Crippen molar-refractivity contribution in [2.45, 2.75) is 26.3 Å². The van der Waals surface area contributed by atoms with Crippen molar-refractivity contribution in [3.63, 3.8) is 0 Å². The van der Waals surface area contributed by atoms with Gasteiger partial charge in [-0.25, -0.2) is 0 Å². The molecule has 0 unspecified atom stereocenters. The number of hydrogen-bond acceptors (Lipinski definition) is 4. The third kappa shape index (κ3) is 4.89. The van der Waals surface area contributed by atoms with Crippen LogP contribution in [0.15, 0.2) is 18.2 Å². The van der Waals surface area contributed by atoms with Crippen LogP contribution in [0.4, 0.5) is 5.69 Å². The summed E-state index contributed by atoms with van der Waals surface area (Å²) >= 11 is 5.90. The number of benzene rings is 1. The molecule has 0 aliphatic rings. The maximum Gasteiger partial charge on any atom is 0.273 e. The lowest BCUT2D eigenvalue weighted by Gasteiger charge is -2.10. The van der Waals surface area contributed by atoms with Gasteiger partial charge in [-0.2, -0.15) is 0 Å². The van der Waals surface area contributed by atoms with Crippen molar-refractivity contribution in [3.05, 3.63) is 33.3 Å². The molecule has 100 valence electrons. The third-order valence-corrected chi connectivity index (χ3v) is 2.57. The highest BCUT2D eigenvalue weighted by molar-refractivity contribution is 6.32. The van der Waals surface area contributed by atoms with Gasteiger partial charge >= 0.3 is 0 Å². The molecule has 1 N–H and O–H groups in total. The number of ether oxygens (including phenoxy) is 1. The van der Waals surface area contributed by atoms with Gasteiger partial charge in [-0.1, -0.05) is 25.4 Å². The molecule has 0 aromatic heterocycles. The van der Waals surface area contributed by atoms with Crippen LogP contribution in [0.2, 0.25) is 5.02 Å². The van der Waals surface area contributed by atoms with Gasteiger partial charge in [-0.3, -0.25) is 10.1 Å². The van der Waals surface area contributed by atoms with E-state index >= 15 is 0 Å². The van der Waals surface area contributed by atoms with E-state index in [-0.39, 0.29) is 5.69 Å². The predicted molar refractivity (Wildman–Crippen MR) is 71.4 cm³/mol. The zero-order chi connectivity index (χ0) is 13.5. The van der Waals surface area contributed by atoms with Gasteiger partial charge in [0.2, 0.25) is 0 Å². The molecule has 0 atom stereocenters. The Balaban J connectivity index is 2.46. The van der Waals surface area contributed by atoms with Gasteiger partial charge in [0.25, 0.3) is 5.69 Å². The lowest BCUT2D eigenvalue weighted by Crippen LogP contribution is -2.24. The Hall–Kier alpha value is -1.33. The van der Waals surface area contributed by atoms with Crippen molar-refractivity contribution in [2.24, 2.45) is 0 Å². The standard InChI is InChI=1S/C12H17ClN2O3/c1-9(2)14-6-3-7-18-12-8-10(15(16)17)4-5-11(12)13/h4-5,8-9,14H,3,6-7H2,1-2H3. The fourth-order valence-corrected chi connectivity index (χ4v) is 1.53. The lowest BCUT2D eigenvalue weighted by molar-refractivity contribution is -0.384. The minimum atomic E-state index is -0.469. The summed E-state index contributed by atoms with van der Waals surface area (Å²) in [4.78, 5) is 10.1. The molecule has 6 heteroatoms. The molecule has 18 heavy (non-hydrogen) atoms. The second-order valence-electron chi connectivity index (χ2n) is 4.18. The summed E-state index contributed by atoms with van der Waals surface area (Å²) < 4.78 is 5.43. The number of rotatable bonds is 7. The van der Waals surface area contributed by atoms with Crippen LogP contribution in [0.3, 0.4) is 0 Å². The quantitative estimate of drug-likeness (QED) is 0.471. The highest BCUT2D eigenvalue weighted by atomic mass is 35.5. The van der Waals surface area contributed by atoms with Gasteiger partial charge in [0.05, 0.1) is 22.6 Å². The minimum absolute atomic E-state index is 0.0188. The Morgan fingerprint density at radius 1 is 1.50 bits per heavy atom. The molecule has 0 heterocycles. The Labute approximate surface area is 111 Å². The fraction of sp³-hybridized carbons (Fsp3) is 0.500. The average Bonchev–Trinajstić information content (AvgIpc) is 2.30. The van der Waals surface area contributed by atoms with Crippen LogP contribution in [0, 0.1) is 10.1 Å². The van der Waals surface area contributed by atoms with Crippen LogP contribution < -0.4 is 10.1 Å². The number of nitrogens with zero attached hydrogens (tertiary/aromatic N) is 1. The Bertz CT molecular complexity index is 410. The van der Waals surface area contributed by atoms with Gasteiger partial charge in [-0.05, 0) is 19.0 Å². The Morgan fingerprint density at radius 3 is 2.83 bits per heavy atom. The van der Waals surface area contributed by atoms with Gasteiger partial charge in [0, 0.05) is 12.1 Å². The maximum absolute atomic E-state index is 10.6. The van der Waals surface area contributed by atoms with Crippen molar-refractivity contribution in [1.29, 1.82) is 0 Å². The number of hydrogen-bond donors (Lipinski definition) is 1. The number of halogens is 1. The summed E-state index contributed by atoms with van der Waals surface area (Å²) in [6, 6.07) is 4.61. The minimum Gasteiger partial charge on any atom is -0.492 e. The molecule has 1 rings (SSSR count). The normalized spacial score (nSPS) is 10.7. The van der Waals surface area contributed by atoms with Crippen molar-refractivity contribution in [2.75, 3.05) is 13.2 Å². The molecular weight excluding hydrogens is 256 g/mol. The van der Waals surface area contributed by atoms with E-state index in [1.165, 1.54) is 18.2 Å². The number of non-ortho nitro benzene ring substituents is 1. The largest absolute Gasteiger partial charge is 0.492 e. The Kier molecular flexibility index (Phi) is 5.88. The van der Waals surface area contributed by atoms with E-state index in [1.807, 2.05) is 0 Å². The molecule has 0 spiro atoms. The summed E-state index contributed by atoms with van der Waals surface area (Å²) in [5.74, 6) is 0.357. The molecule has 0 fully saturated rings. The zero-order valence-corrected chi connectivity index (χ0v) is 11.2. The summed E-state index contributed by atoms with van der Waals surface area (Å²) in [5.41, 5.74) is -0.0188. The van der Waals surface area contributed by atoms with Gasteiger partial charge in [0.1, 0.15) is 5.75 Å². The Morgan fingerprint density at radius 2 is 2.22 bits per heavy atom. The van der Waals surface area contributed by atoms with E-state index in [9.17, 15) is 10.1 Å². The SMILES string of the molecule is CC(C)NCCCOc1cc([N+](=O)[O-])ccc1Cl. The molecule has 1 aromatic carbocycles. The van der Waals surface area contributed by atoms with Crippen LogP contribution in [0.5, 0.6) is 5.75 Å². The molecule has 0 saturated heterocycles. The first-order chi connectivity index (χ1) is 8.50. The summed E-state index contributed by atoms with van der Waals surface area (Å²) in [6.45, 7) is 5.45. The predicted octanol–water partition coefficient (Wildman–Crippen LogP) is 3.02. The highest BCUT2D eigenvalue weighted by Crippen LogP contribution is 2.28. The number of nitro groups is 1. The molecular formula is C12H17ClN2O3. The van der Waals surface area contributed by atoms with Crippen molar-refractivity contribution < 1.29 is 9.66 Å². The first-order valence-corrected chi connectivity index (χ1v) is 6.18. The molecule has 1 aromatic rings. The van der Waals surface area contributed by atoms with Gasteiger partial charge in [-0.15, -0.1) is 0 Å². The van der Waals surface area contributed by atoms with Gasteiger partial charge in [0.15, 0.2) is 0 Å². The summed E-state index contributed by atoms with van der Waals surface area (Å²) in [6.07, 6.45) is 0.817. The van der Waals surface area contributed by atoms with Crippen LogP contribution in [-0.2, 0) is 0 Å². The molecule has 0 saturated carbocycles. The summed E-state index contributed by atoms with van der Waals surface area (Å²) in [5, 5.41) is 14.3. The van der Waals surface area contributed by atoms with Crippen molar-refractivity contribution >= 4 is 17.3 Å². The fourth-order valence-electron chi connectivity index (χ4n) is 1.36. The summed E-state index contributed by atoms with van der Waals surface area (Å²) in [7, 11) is 0. The molecule has 0 amide bonds. The van der Waals surface area contributed by atoms with E-state index in [1.54, 1.807) is 0 Å². The second kappa shape index (κ2) is 7.18. The lowest BCUT2D eigenvalue weighted by atomic mass is 10.3. The first kappa shape index (κ1) is 14.7. The monoisotopic (exact) mass is 272 g/mol. The molecule has 5 nitrogen and oxygen atoms in total. The van der Waals surface area contributed by atoms with Gasteiger partial charge < -0.3 is 10.1 Å². The first-order valence-electron chi connectivity index (χ1n) is 5.81. The number of nitrogens with one attached hydrogen (secondary N) is 1. The van der Waals surface area contributed by atoms with E-state index < -0.39 is 4.92 Å². The van der Waals surface area contributed by atoms with Crippen LogP contribution in [0.1, 0.15) is 20.3 Å². The molecule has 0 radical (unpaired) electrons. The van der Waals surface area contributed by atoms with E-state index in [4.69, 9.17) is 16.3 Å². The van der Waals surface area contributed by atoms with Crippen LogP contribution in [-0.4, -0.2) is 24.1 Å². The van der Waals surface area contributed by atoms with E-state index in [0.717, 1.165) is 13.0 Å². The number of nitro benzene ring substituents is 1. The zero-order valence-electron chi connectivity index (χ0n) is 10.5. The highest BCUT2D eigenvalue weighted by Gasteiger charge is 2.10. The maximum atomic E-state index is 10.6. The molecule has 0 bridgehead atoms. The van der Waals surface area contributed by atoms with Crippen LogP contribution >= 0.6 is 11.6 Å². The molecule has 0 aliphatic heterocycles. The average molecular weight is 273 g/mol. The second-order valence-corrected chi connectivity index (χ2v) is 4.59. The van der Waals surface area contributed by atoms with Crippen molar-refractivity contribution in [1.82, 2.24) is 5.32 Å². The smallest absolute Gasteiger partial charge is 0.273 e. The third-order valence-electron chi connectivity index (χ3n) is 2.26. The van der Waals surface area contributed by atoms with E-state index in [0.29, 0.717) is 23.4 Å². The topological polar surface area (TPSA) is 64.4 Å². The van der Waals surface area contributed by atoms with Crippen LogP contribution in [0.25, 0.3) is 0 Å². The molecule has 0 aliphatic carbocycles. The van der Waals surface area contributed by atoms with Crippen molar-refractivity contribution in [3.8, 4) is 5.75 Å². The van der Waals surface area contributed by atoms with E-state index in [2.05, 4.69) is 19.2 Å².